The van der Waals surface area contributed by atoms with Gasteiger partial charge in [0.05, 0.1) is 7.11 Å². The van der Waals surface area contributed by atoms with Gasteiger partial charge in [-0.15, -0.1) is 0 Å². The highest BCUT2D eigenvalue weighted by molar-refractivity contribution is 5.76. The van der Waals surface area contributed by atoms with Crippen LogP contribution in [0.2, 0.25) is 0 Å². The van der Waals surface area contributed by atoms with E-state index in [9.17, 15) is 4.79 Å². The van der Waals surface area contributed by atoms with Gasteiger partial charge < -0.3 is 15.4 Å². The van der Waals surface area contributed by atoms with E-state index in [1.54, 1.807) is 7.11 Å². The van der Waals surface area contributed by atoms with Gasteiger partial charge in [0.15, 0.2) is 0 Å². The Morgan fingerprint density at radius 2 is 1.84 bits per heavy atom. The second-order valence-electron chi connectivity index (χ2n) is 4.72. The van der Waals surface area contributed by atoms with Gasteiger partial charge in [-0.1, -0.05) is 12.1 Å². The summed E-state index contributed by atoms with van der Waals surface area (Å²) in [4.78, 5) is 11.5. The molecule has 19 heavy (non-hydrogen) atoms. The van der Waals surface area contributed by atoms with Crippen LogP contribution in [0.25, 0.3) is 0 Å². The third-order valence-electron chi connectivity index (χ3n) is 3.06. The van der Waals surface area contributed by atoms with Crippen molar-refractivity contribution in [2.75, 3.05) is 27.2 Å². The summed E-state index contributed by atoms with van der Waals surface area (Å²) < 4.78 is 5.34. The number of rotatable bonds is 7. The third kappa shape index (κ3) is 4.91. The summed E-state index contributed by atoms with van der Waals surface area (Å²) in [5.74, 6) is 1.04. The average molecular weight is 264 g/mol. The lowest BCUT2D eigenvalue weighted by Gasteiger charge is -2.11. The molecule has 0 fully saturated rings. The zero-order valence-electron chi connectivity index (χ0n) is 12.3. The third-order valence-corrected chi connectivity index (χ3v) is 3.06. The van der Waals surface area contributed by atoms with Gasteiger partial charge >= 0.3 is 0 Å². The Morgan fingerprint density at radius 1 is 1.21 bits per heavy atom. The molecule has 1 amide bonds. The molecule has 0 unspecified atom stereocenters. The van der Waals surface area contributed by atoms with E-state index in [0.29, 0.717) is 19.5 Å². The normalized spacial score (nSPS) is 10.3. The van der Waals surface area contributed by atoms with Crippen LogP contribution in [-0.2, 0) is 11.2 Å². The minimum absolute atomic E-state index is 0.0938. The van der Waals surface area contributed by atoms with Crippen LogP contribution < -0.4 is 15.4 Å². The molecule has 106 valence electrons. The molecule has 0 heterocycles. The second-order valence-corrected chi connectivity index (χ2v) is 4.72. The molecular weight excluding hydrogens is 240 g/mol. The predicted molar refractivity (Wildman–Crippen MR) is 77.7 cm³/mol. The van der Waals surface area contributed by atoms with Crippen LogP contribution in [0.1, 0.15) is 23.1 Å². The van der Waals surface area contributed by atoms with E-state index >= 15 is 0 Å². The molecule has 0 radical (unpaired) electrons. The monoisotopic (exact) mass is 264 g/mol. The maximum atomic E-state index is 11.5. The first-order chi connectivity index (χ1) is 9.08. The van der Waals surface area contributed by atoms with Gasteiger partial charge in [-0.2, -0.15) is 0 Å². The van der Waals surface area contributed by atoms with Crippen molar-refractivity contribution in [2.45, 2.75) is 26.7 Å². The quantitative estimate of drug-likeness (QED) is 0.786. The summed E-state index contributed by atoms with van der Waals surface area (Å²) in [6.07, 6.45) is 1.37. The highest BCUT2D eigenvalue weighted by Gasteiger charge is 2.05. The molecule has 0 atom stereocenters. The molecular formula is C15H24N2O2. The van der Waals surface area contributed by atoms with Gasteiger partial charge in [0.2, 0.25) is 5.91 Å². The summed E-state index contributed by atoms with van der Waals surface area (Å²) in [5, 5.41) is 5.88. The maximum Gasteiger partial charge on any atom is 0.221 e. The topological polar surface area (TPSA) is 50.4 Å². The lowest BCUT2D eigenvalue weighted by Crippen LogP contribution is -2.28. The van der Waals surface area contributed by atoms with E-state index in [1.165, 1.54) is 5.56 Å². The number of benzene rings is 1. The van der Waals surface area contributed by atoms with E-state index in [4.69, 9.17) is 4.74 Å². The number of methoxy groups -OCH3 is 1. The molecule has 1 rings (SSSR count). The van der Waals surface area contributed by atoms with E-state index in [-0.39, 0.29) is 5.91 Å². The van der Waals surface area contributed by atoms with Crippen LogP contribution in [0.4, 0.5) is 0 Å². The molecule has 0 aliphatic carbocycles. The van der Waals surface area contributed by atoms with Crippen LogP contribution in [0, 0.1) is 13.8 Å². The van der Waals surface area contributed by atoms with Crippen LogP contribution in [0.5, 0.6) is 5.75 Å². The largest absolute Gasteiger partial charge is 0.496 e. The van der Waals surface area contributed by atoms with Gasteiger partial charge in [0.1, 0.15) is 5.75 Å². The minimum atomic E-state index is 0.0938. The van der Waals surface area contributed by atoms with Crippen molar-refractivity contribution in [3.05, 3.63) is 28.8 Å². The number of ether oxygens (including phenoxy) is 1. The van der Waals surface area contributed by atoms with Crippen LogP contribution in [0.3, 0.4) is 0 Å². The number of nitrogens with one attached hydrogen (secondary N) is 2. The number of aryl methyl sites for hydroxylation is 2. The zero-order chi connectivity index (χ0) is 14.3. The van der Waals surface area contributed by atoms with Crippen LogP contribution >= 0.6 is 0 Å². The van der Waals surface area contributed by atoms with Crippen molar-refractivity contribution in [1.82, 2.24) is 10.6 Å². The van der Waals surface area contributed by atoms with Crippen molar-refractivity contribution < 1.29 is 9.53 Å². The molecule has 0 aromatic heterocycles. The van der Waals surface area contributed by atoms with Crippen molar-refractivity contribution in [3.63, 3.8) is 0 Å². The van der Waals surface area contributed by atoms with Crippen LogP contribution in [-0.4, -0.2) is 33.2 Å². The molecule has 2 N–H and O–H groups in total. The Bertz CT molecular complexity index is 407. The fourth-order valence-corrected chi connectivity index (χ4v) is 2.18. The smallest absolute Gasteiger partial charge is 0.221 e. The molecule has 0 bridgehead atoms. The molecule has 0 saturated carbocycles. The van der Waals surface area contributed by atoms with Crippen molar-refractivity contribution in [1.29, 1.82) is 0 Å². The molecule has 1 aromatic carbocycles. The highest BCUT2D eigenvalue weighted by Crippen LogP contribution is 2.24. The highest BCUT2D eigenvalue weighted by atomic mass is 16.5. The molecule has 0 spiro atoms. The number of carbonyl (C=O) groups excluding carboxylic acids is 1. The Hall–Kier alpha value is -1.55. The average Bonchev–Trinajstić information content (AvgIpc) is 2.36. The van der Waals surface area contributed by atoms with E-state index in [1.807, 2.05) is 20.9 Å². The van der Waals surface area contributed by atoms with Crippen molar-refractivity contribution >= 4 is 5.91 Å². The van der Waals surface area contributed by atoms with Crippen molar-refractivity contribution in [3.8, 4) is 5.75 Å². The van der Waals surface area contributed by atoms with Gasteiger partial charge in [-0.05, 0) is 44.0 Å². The van der Waals surface area contributed by atoms with Gasteiger partial charge in [0, 0.05) is 19.5 Å². The lowest BCUT2D eigenvalue weighted by atomic mass is 10.0. The second kappa shape index (κ2) is 7.79. The fourth-order valence-electron chi connectivity index (χ4n) is 2.18. The Balaban J connectivity index is 2.48. The predicted octanol–water partition coefficient (Wildman–Crippen LogP) is 1.58. The van der Waals surface area contributed by atoms with Gasteiger partial charge in [0.25, 0.3) is 0 Å². The molecule has 0 aliphatic heterocycles. The van der Waals surface area contributed by atoms with E-state index in [2.05, 4.69) is 22.8 Å². The molecule has 0 aliphatic rings. The van der Waals surface area contributed by atoms with Crippen molar-refractivity contribution in [2.24, 2.45) is 0 Å². The lowest BCUT2D eigenvalue weighted by molar-refractivity contribution is -0.120. The SMILES string of the molecule is CNCCC(=O)NCCc1cc(C)c(OC)c(C)c1. The maximum absolute atomic E-state index is 11.5. The standard InChI is InChI=1S/C15H24N2O2/c1-11-9-13(10-12(2)15(11)19-4)5-8-17-14(18)6-7-16-3/h9-10,16H,5-8H2,1-4H3,(H,17,18). The van der Waals surface area contributed by atoms with Crippen LogP contribution in [0.15, 0.2) is 12.1 Å². The van der Waals surface area contributed by atoms with Gasteiger partial charge in [-0.25, -0.2) is 0 Å². The molecule has 1 aromatic rings. The summed E-state index contributed by atoms with van der Waals surface area (Å²) >= 11 is 0. The summed E-state index contributed by atoms with van der Waals surface area (Å²) in [7, 11) is 3.53. The summed E-state index contributed by atoms with van der Waals surface area (Å²) in [6, 6.07) is 4.23. The Labute approximate surface area is 115 Å². The van der Waals surface area contributed by atoms with E-state index in [0.717, 1.165) is 23.3 Å². The first kappa shape index (κ1) is 15.5. The number of hydrogen-bond acceptors (Lipinski definition) is 3. The van der Waals surface area contributed by atoms with Gasteiger partial charge in [-0.3, -0.25) is 4.79 Å². The Morgan fingerprint density at radius 3 is 2.37 bits per heavy atom. The summed E-state index contributed by atoms with van der Waals surface area (Å²) in [5.41, 5.74) is 3.50. The molecule has 4 nitrogen and oxygen atoms in total. The van der Waals surface area contributed by atoms with E-state index < -0.39 is 0 Å². The Kier molecular flexibility index (Phi) is 6.36. The first-order valence-electron chi connectivity index (χ1n) is 6.64. The number of carbonyl (C=O) groups is 1. The number of hydrogen-bond donors (Lipinski definition) is 2. The zero-order valence-corrected chi connectivity index (χ0v) is 12.3. The summed E-state index contributed by atoms with van der Waals surface area (Å²) in [6.45, 7) is 5.47. The molecule has 0 saturated heterocycles. The molecule has 4 heteroatoms. The first-order valence-corrected chi connectivity index (χ1v) is 6.64. The fraction of sp³-hybridized carbons (Fsp3) is 0.533. The minimum Gasteiger partial charge on any atom is -0.496 e. The number of amides is 1.